The van der Waals surface area contributed by atoms with Gasteiger partial charge in [0.1, 0.15) is 64.4 Å². The summed E-state index contributed by atoms with van der Waals surface area (Å²) in [5, 5.41) is 58.0. The van der Waals surface area contributed by atoms with Crippen LogP contribution in [-0.2, 0) is 4.74 Å². The average Bonchev–Trinajstić information content (AvgIpc) is 3.99. The van der Waals surface area contributed by atoms with Gasteiger partial charge in [-0.2, -0.15) is 31.6 Å². The third kappa shape index (κ3) is 11.3. The van der Waals surface area contributed by atoms with Gasteiger partial charge in [0.05, 0.1) is 0 Å². The lowest BCUT2D eigenvalue weighted by Crippen LogP contribution is -2.24. The first kappa shape index (κ1) is 49.8. The second kappa shape index (κ2) is 21.1. The number of allylic oxidation sites excluding steroid dienone is 17. The molecule has 0 N–H and O–H groups in total. The highest BCUT2D eigenvalue weighted by Crippen LogP contribution is 2.43. The van der Waals surface area contributed by atoms with Gasteiger partial charge in [-0.15, -0.1) is 0 Å². The van der Waals surface area contributed by atoms with E-state index in [0.717, 1.165) is 78.3 Å². The van der Waals surface area contributed by atoms with Crippen molar-refractivity contribution in [3.63, 3.8) is 0 Å². The molecule has 2 aliphatic carbocycles. The van der Waals surface area contributed by atoms with Gasteiger partial charge in [-0.25, -0.2) is 0 Å². The Balaban J connectivity index is 1.31. The molecule has 350 valence electrons. The van der Waals surface area contributed by atoms with Crippen molar-refractivity contribution >= 4 is 29.6 Å². The zero-order valence-corrected chi connectivity index (χ0v) is 41.0. The first-order chi connectivity index (χ1) is 34.0. The maximum Gasteiger partial charge on any atom is 0.174 e. The van der Waals surface area contributed by atoms with Crippen LogP contribution in [0.4, 0.5) is 11.4 Å². The molecule has 0 atom stereocenters. The highest BCUT2D eigenvalue weighted by atomic mass is 16.5. The molecular formula is C61H54N8O2. The first-order valence-corrected chi connectivity index (χ1v) is 23.4. The third-order valence-electron chi connectivity index (χ3n) is 12.7. The molecule has 1 aromatic heterocycles. The van der Waals surface area contributed by atoms with E-state index >= 15 is 0 Å². The standard InChI is InChI=1S/C61H54N8O2/c1-42-52(53(40-66)56(70-42)48(36-62)37-63)22-14-16-43-30-45(34-59(2,3)32-43)24-26-47(58-68(50-18-10-8-11-19-50)28-29-69(58)51-20-12-9-13-21-51)27-25-46-31-44(33-60(4,5)35-46)17-15-23-55-54(41-67)57(49(38-64)39-65)71-61(55,6)7/h8-27,30-31H,1,28-29,32-35H2,2-7H3/b22-14+,23-15+,26-24+,27-25+,43-16-,44-17-. The van der Waals surface area contributed by atoms with E-state index < -0.39 is 5.60 Å². The van der Waals surface area contributed by atoms with E-state index in [-0.39, 0.29) is 49.7 Å². The van der Waals surface area contributed by atoms with Gasteiger partial charge in [0.25, 0.3) is 0 Å². The quantitative estimate of drug-likeness (QED) is 0.178. The second-order valence-corrected chi connectivity index (χ2v) is 19.9. The van der Waals surface area contributed by atoms with Crippen LogP contribution in [0.2, 0.25) is 0 Å². The number of para-hydroxylation sites is 2. The summed E-state index contributed by atoms with van der Waals surface area (Å²) < 4.78 is 11.6. The van der Waals surface area contributed by atoms with Crippen LogP contribution in [0, 0.1) is 78.8 Å². The number of ether oxygens (including phenoxy) is 1. The molecule has 1 fully saturated rings. The molecule has 71 heavy (non-hydrogen) atoms. The highest BCUT2D eigenvalue weighted by molar-refractivity contribution is 5.74. The molecular weight excluding hydrogens is 877 g/mol. The second-order valence-electron chi connectivity index (χ2n) is 19.9. The molecule has 7 rings (SSSR count). The molecule has 3 heterocycles. The van der Waals surface area contributed by atoms with Crippen LogP contribution in [0.5, 0.6) is 0 Å². The lowest BCUT2D eigenvalue weighted by molar-refractivity contribution is 0.0954. The zero-order valence-electron chi connectivity index (χ0n) is 41.0. The number of hydrogen-bond donors (Lipinski definition) is 0. The Morgan fingerprint density at radius 3 is 1.58 bits per heavy atom. The molecule has 0 unspecified atom stereocenters. The van der Waals surface area contributed by atoms with Gasteiger partial charge >= 0.3 is 0 Å². The SMILES string of the molecule is C=c1oc(=C(C#N)C#N)c(C#N)c1/C=C/C=C1C=C(/C=C/C(/C=C/C2=CC(=C/C=C/C3=C(C#N)C(=C(C#N)C#N)OC3(C)C)/CC(C)(C)C2)=C2N(c3ccccc3)CCN2c2ccccc2)CC(C)(C)C/1. The van der Waals surface area contributed by atoms with Crippen molar-refractivity contribution in [2.45, 2.75) is 72.8 Å². The fraction of sp³-hybridized carbons (Fsp3) is 0.246. The average molecular weight is 931 g/mol. The Hall–Kier alpha value is -9.06. The summed E-state index contributed by atoms with van der Waals surface area (Å²) in [5.41, 5.74) is 7.72. The minimum atomic E-state index is -0.906. The summed E-state index contributed by atoms with van der Waals surface area (Å²) >= 11 is 0. The molecule has 0 spiro atoms. The maximum atomic E-state index is 10.1. The Kier molecular flexibility index (Phi) is 14.8. The summed E-state index contributed by atoms with van der Waals surface area (Å²) in [6.07, 6.45) is 28.2. The van der Waals surface area contributed by atoms with E-state index in [1.807, 2.05) is 62.4 Å². The van der Waals surface area contributed by atoms with Gasteiger partial charge in [0.2, 0.25) is 0 Å². The van der Waals surface area contributed by atoms with Gasteiger partial charge in [-0.3, -0.25) is 0 Å². The molecule has 0 saturated carbocycles. The molecule has 1 saturated heterocycles. The van der Waals surface area contributed by atoms with Crippen LogP contribution >= 0.6 is 0 Å². The van der Waals surface area contributed by atoms with Gasteiger partial charge in [0, 0.05) is 41.2 Å². The van der Waals surface area contributed by atoms with Crippen molar-refractivity contribution < 1.29 is 9.15 Å². The number of rotatable bonds is 10. The van der Waals surface area contributed by atoms with E-state index in [0.29, 0.717) is 11.1 Å². The Bertz CT molecular complexity index is 3300. The summed E-state index contributed by atoms with van der Waals surface area (Å²) in [6.45, 7) is 18.2. The van der Waals surface area contributed by atoms with Crippen molar-refractivity contribution in [3.8, 4) is 36.4 Å². The number of hydrogen-bond acceptors (Lipinski definition) is 10. The van der Waals surface area contributed by atoms with Crippen molar-refractivity contribution in [1.29, 1.82) is 31.6 Å². The fourth-order valence-electron chi connectivity index (χ4n) is 9.73. The molecule has 10 heteroatoms. The van der Waals surface area contributed by atoms with E-state index in [1.165, 1.54) is 5.57 Å². The molecule has 0 amide bonds. The van der Waals surface area contributed by atoms with Gasteiger partial charge < -0.3 is 19.0 Å². The zero-order chi connectivity index (χ0) is 50.9. The highest BCUT2D eigenvalue weighted by Gasteiger charge is 2.39. The van der Waals surface area contributed by atoms with Gasteiger partial charge in [-0.05, 0) is 103 Å². The number of anilines is 2. The molecule has 2 aliphatic heterocycles. The first-order valence-electron chi connectivity index (χ1n) is 23.4. The monoisotopic (exact) mass is 930 g/mol. The van der Waals surface area contributed by atoms with E-state index in [2.05, 4.69) is 147 Å². The summed E-state index contributed by atoms with van der Waals surface area (Å²) in [6, 6.07) is 32.5. The van der Waals surface area contributed by atoms with Crippen LogP contribution in [0.25, 0.3) is 18.2 Å². The predicted octanol–water partition coefficient (Wildman–Crippen LogP) is 12.0. The van der Waals surface area contributed by atoms with E-state index in [9.17, 15) is 31.6 Å². The van der Waals surface area contributed by atoms with Crippen molar-refractivity contribution in [2.24, 2.45) is 10.8 Å². The fourth-order valence-corrected chi connectivity index (χ4v) is 9.73. The van der Waals surface area contributed by atoms with Crippen LogP contribution in [0.3, 0.4) is 0 Å². The lowest BCUT2D eigenvalue weighted by atomic mass is 9.75. The normalized spacial score (nSPS) is 19.3. The number of benzene rings is 2. The topological polar surface area (TPSA) is 172 Å². The van der Waals surface area contributed by atoms with Crippen molar-refractivity contribution in [1.82, 2.24) is 0 Å². The predicted molar refractivity (Wildman–Crippen MR) is 278 cm³/mol. The summed E-state index contributed by atoms with van der Waals surface area (Å²) in [7, 11) is 0. The molecule has 3 aromatic rings. The molecule has 0 bridgehead atoms. The summed E-state index contributed by atoms with van der Waals surface area (Å²) in [4.78, 5) is 4.77. The minimum absolute atomic E-state index is 0.0191. The van der Waals surface area contributed by atoms with Gasteiger partial charge in [0.15, 0.2) is 22.3 Å². The number of nitriles is 6. The molecule has 4 aliphatic rings. The Morgan fingerprint density at radius 2 is 1.11 bits per heavy atom. The van der Waals surface area contributed by atoms with Crippen LogP contribution in [-0.4, -0.2) is 18.7 Å². The molecule has 0 radical (unpaired) electrons. The smallest absolute Gasteiger partial charge is 0.174 e. The number of furan rings is 1. The van der Waals surface area contributed by atoms with E-state index in [1.54, 1.807) is 18.2 Å². The van der Waals surface area contributed by atoms with Gasteiger partial charge in [-0.1, -0.05) is 138 Å². The third-order valence-corrected chi connectivity index (χ3v) is 12.7. The molecule has 2 aromatic carbocycles. The van der Waals surface area contributed by atoms with Crippen LogP contribution in [0.1, 0.15) is 78.4 Å². The Labute approximate surface area is 417 Å². The summed E-state index contributed by atoms with van der Waals surface area (Å²) in [5.74, 6) is 1.08. The maximum absolute atomic E-state index is 10.1. The van der Waals surface area contributed by atoms with Crippen molar-refractivity contribution in [3.05, 3.63) is 206 Å². The van der Waals surface area contributed by atoms with Crippen LogP contribution < -0.4 is 20.6 Å². The van der Waals surface area contributed by atoms with Crippen LogP contribution in [0.15, 0.2) is 188 Å². The lowest BCUT2D eigenvalue weighted by Gasteiger charge is -2.31. The largest absolute Gasteiger partial charge is 0.480 e. The van der Waals surface area contributed by atoms with Crippen molar-refractivity contribution in [2.75, 3.05) is 22.9 Å². The Morgan fingerprint density at radius 1 is 0.620 bits per heavy atom. The molecule has 10 nitrogen and oxygen atoms in total. The number of nitrogens with zero attached hydrogens (tertiary/aromatic N) is 8. The minimum Gasteiger partial charge on any atom is -0.480 e. The van der Waals surface area contributed by atoms with E-state index in [4.69, 9.17) is 9.15 Å².